The smallest absolute Gasteiger partial charge is 0.260 e. The van der Waals surface area contributed by atoms with Crippen LogP contribution in [0.1, 0.15) is 33.5 Å². The van der Waals surface area contributed by atoms with Crippen molar-refractivity contribution in [2.45, 2.75) is 13.0 Å². The zero-order valence-electron chi connectivity index (χ0n) is 13.5. The number of pyridine rings is 1. The summed E-state index contributed by atoms with van der Waals surface area (Å²) in [6.45, 7) is 1.77. The van der Waals surface area contributed by atoms with Crippen LogP contribution in [-0.2, 0) is 7.05 Å². The van der Waals surface area contributed by atoms with Crippen LogP contribution < -0.4 is 10.9 Å². The molecule has 3 rings (SSSR count). The number of nitrogens with zero attached hydrogens (tertiary/aromatic N) is 2. The molecule has 1 aromatic carbocycles. The van der Waals surface area contributed by atoms with Crippen molar-refractivity contribution in [3.63, 3.8) is 0 Å². The maximum absolute atomic E-state index is 12.6. The van der Waals surface area contributed by atoms with Crippen LogP contribution in [0.15, 0.2) is 59.7 Å². The summed E-state index contributed by atoms with van der Waals surface area (Å²) in [6.07, 6.45) is 3.49. The molecule has 2 heterocycles. The molecule has 0 spiro atoms. The van der Waals surface area contributed by atoms with Gasteiger partial charge in [0.2, 0.25) is 0 Å². The van der Waals surface area contributed by atoms with Crippen molar-refractivity contribution in [3.05, 3.63) is 87.9 Å². The highest BCUT2D eigenvalue weighted by atomic mass is 16.2. The first-order valence-corrected chi connectivity index (χ1v) is 7.59. The largest absolute Gasteiger partial charge is 0.338 e. The van der Waals surface area contributed by atoms with E-state index in [2.05, 4.69) is 15.3 Å². The van der Waals surface area contributed by atoms with E-state index >= 15 is 0 Å². The maximum atomic E-state index is 12.6. The fraction of sp³-hybridized carbons (Fsp3) is 0.167. The second-order valence-corrected chi connectivity index (χ2v) is 5.60. The lowest BCUT2D eigenvalue weighted by Gasteiger charge is -2.19. The van der Waals surface area contributed by atoms with E-state index in [1.165, 1.54) is 6.07 Å². The molecule has 0 aliphatic carbocycles. The first kappa shape index (κ1) is 15.7. The molecule has 0 saturated carbocycles. The summed E-state index contributed by atoms with van der Waals surface area (Å²) in [5.74, 6) is 0.256. The summed E-state index contributed by atoms with van der Waals surface area (Å²) < 4.78 is 1.84. The van der Waals surface area contributed by atoms with Crippen LogP contribution in [0, 0.1) is 6.92 Å². The van der Waals surface area contributed by atoms with Crippen LogP contribution in [0.5, 0.6) is 0 Å². The van der Waals surface area contributed by atoms with Gasteiger partial charge in [-0.1, -0.05) is 30.3 Å². The Labute approximate surface area is 139 Å². The molecule has 122 valence electrons. The summed E-state index contributed by atoms with van der Waals surface area (Å²) in [7, 11) is 1.86. The molecule has 0 saturated heterocycles. The Balaban J connectivity index is 1.97. The molecule has 3 aromatic rings. The van der Waals surface area contributed by atoms with Crippen molar-refractivity contribution in [3.8, 4) is 0 Å². The van der Waals surface area contributed by atoms with Crippen LogP contribution in [0.4, 0.5) is 0 Å². The maximum Gasteiger partial charge on any atom is 0.260 e. The molecular formula is C18H18N4O2. The standard InChI is InChI=1S/C18H18N4O2/c1-12-8-9-14(17(23)20-12)18(24)21-15(13-6-4-3-5-7-13)16-19-10-11-22(16)2/h3-11,15H,1-2H3,(H,20,23)(H,21,24)/t15-/m1/s1. The normalized spacial score (nSPS) is 11.9. The minimum atomic E-state index is -0.445. The molecule has 1 amide bonds. The Morgan fingerprint density at radius 2 is 1.96 bits per heavy atom. The summed E-state index contributed by atoms with van der Waals surface area (Å²) in [6, 6.07) is 12.3. The number of carbonyl (C=O) groups excluding carboxylic acids is 1. The van der Waals surface area contributed by atoms with Gasteiger partial charge in [0.1, 0.15) is 17.4 Å². The SMILES string of the molecule is Cc1ccc(C(=O)N[C@H](c2ccccc2)c2nccn2C)c(=O)[nH]1. The number of nitrogens with one attached hydrogen (secondary N) is 2. The van der Waals surface area contributed by atoms with Gasteiger partial charge >= 0.3 is 0 Å². The topological polar surface area (TPSA) is 79.8 Å². The molecule has 6 nitrogen and oxygen atoms in total. The second kappa shape index (κ2) is 6.54. The Morgan fingerprint density at radius 3 is 2.58 bits per heavy atom. The lowest BCUT2D eigenvalue weighted by Crippen LogP contribution is -2.34. The first-order valence-electron chi connectivity index (χ1n) is 7.59. The average Bonchev–Trinajstić information content (AvgIpc) is 2.99. The zero-order chi connectivity index (χ0) is 17.1. The van der Waals surface area contributed by atoms with Gasteiger partial charge in [-0.15, -0.1) is 0 Å². The molecule has 2 N–H and O–H groups in total. The lowest BCUT2D eigenvalue weighted by atomic mass is 10.1. The van der Waals surface area contributed by atoms with Crippen LogP contribution in [0.2, 0.25) is 0 Å². The number of H-pyrrole nitrogens is 1. The van der Waals surface area contributed by atoms with E-state index in [1.54, 1.807) is 19.2 Å². The van der Waals surface area contributed by atoms with Gasteiger partial charge in [0.05, 0.1) is 0 Å². The quantitative estimate of drug-likeness (QED) is 0.770. The molecule has 0 bridgehead atoms. The number of benzene rings is 1. The third-order valence-electron chi connectivity index (χ3n) is 3.82. The molecule has 1 atom stereocenters. The minimum Gasteiger partial charge on any atom is -0.338 e. The van der Waals surface area contributed by atoms with Crippen molar-refractivity contribution < 1.29 is 4.79 Å². The lowest BCUT2D eigenvalue weighted by molar-refractivity contribution is 0.0939. The van der Waals surface area contributed by atoms with E-state index in [0.717, 1.165) is 5.56 Å². The Hall–Kier alpha value is -3.15. The predicted octanol–water partition coefficient (Wildman–Crippen LogP) is 1.94. The number of aromatic nitrogens is 3. The molecule has 2 aromatic heterocycles. The fourth-order valence-corrected chi connectivity index (χ4v) is 2.56. The van der Waals surface area contributed by atoms with Gasteiger partial charge in [0, 0.05) is 25.1 Å². The van der Waals surface area contributed by atoms with Gasteiger partial charge in [0.15, 0.2) is 0 Å². The Bertz CT molecular complexity index is 912. The van der Waals surface area contributed by atoms with Gasteiger partial charge < -0.3 is 14.9 Å². The van der Waals surface area contributed by atoms with E-state index in [1.807, 2.05) is 48.1 Å². The summed E-state index contributed by atoms with van der Waals surface area (Å²) in [5, 5.41) is 2.91. The fourth-order valence-electron chi connectivity index (χ4n) is 2.56. The zero-order valence-corrected chi connectivity index (χ0v) is 13.5. The Kier molecular flexibility index (Phi) is 4.29. The highest BCUT2D eigenvalue weighted by Gasteiger charge is 2.22. The van der Waals surface area contributed by atoms with Crippen molar-refractivity contribution in [2.75, 3.05) is 0 Å². The number of aromatic amines is 1. The molecule has 0 aliphatic rings. The minimum absolute atomic E-state index is 0.0794. The first-order chi connectivity index (χ1) is 11.6. The van der Waals surface area contributed by atoms with Crippen molar-refractivity contribution in [1.29, 1.82) is 0 Å². The van der Waals surface area contributed by atoms with Crippen molar-refractivity contribution >= 4 is 5.91 Å². The number of imidazole rings is 1. The Morgan fingerprint density at radius 1 is 1.21 bits per heavy atom. The van der Waals surface area contributed by atoms with Crippen molar-refractivity contribution in [2.24, 2.45) is 7.05 Å². The summed E-state index contributed by atoms with van der Waals surface area (Å²) in [4.78, 5) is 31.6. The molecule has 6 heteroatoms. The molecule has 0 unspecified atom stereocenters. The number of hydrogen-bond acceptors (Lipinski definition) is 3. The van der Waals surface area contributed by atoms with E-state index in [9.17, 15) is 9.59 Å². The molecule has 0 aliphatic heterocycles. The highest BCUT2D eigenvalue weighted by molar-refractivity contribution is 5.94. The average molecular weight is 322 g/mol. The molecule has 0 radical (unpaired) electrons. The van der Waals surface area contributed by atoms with Gasteiger partial charge in [0.25, 0.3) is 11.5 Å². The third-order valence-corrected chi connectivity index (χ3v) is 3.82. The van der Waals surface area contributed by atoms with Crippen LogP contribution >= 0.6 is 0 Å². The third kappa shape index (κ3) is 3.12. The molecule has 0 fully saturated rings. The summed E-state index contributed by atoms with van der Waals surface area (Å²) in [5.41, 5.74) is 1.28. The monoisotopic (exact) mass is 322 g/mol. The molecule has 24 heavy (non-hydrogen) atoms. The van der Waals surface area contributed by atoms with Gasteiger partial charge in [-0.25, -0.2) is 4.98 Å². The van der Waals surface area contributed by atoms with E-state index < -0.39 is 17.5 Å². The predicted molar refractivity (Wildman–Crippen MR) is 90.8 cm³/mol. The van der Waals surface area contributed by atoms with E-state index in [-0.39, 0.29) is 5.56 Å². The number of rotatable bonds is 4. The van der Waals surface area contributed by atoms with Crippen LogP contribution in [0.25, 0.3) is 0 Å². The molecular weight excluding hydrogens is 304 g/mol. The van der Waals surface area contributed by atoms with Gasteiger partial charge in [-0.05, 0) is 24.6 Å². The van der Waals surface area contributed by atoms with Crippen LogP contribution in [0.3, 0.4) is 0 Å². The van der Waals surface area contributed by atoms with E-state index in [0.29, 0.717) is 11.5 Å². The summed E-state index contributed by atoms with van der Waals surface area (Å²) >= 11 is 0. The second-order valence-electron chi connectivity index (χ2n) is 5.60. The van der Waals surface area contributed by atoms with Gasteiger partial charge in [-0.2, -0.15) is 0 Å². The number of hydrogen-bond donors (Lipinski definition) is 2. The number of aryl methyl sites for hydroxylation is 2. The highest BCUT2D eigenvalue weighted by Crippen LogP contribution is 2.20. The van der Waals surface area contributed by atoms with E-state index in [4.69, 9.17) is 0 Å². The number of amides is 1. The van der Waals surface area contributed by atoms with Crippen molar-refractivity contribution in [1.82, 2.24) is 19.9 Å². The van der Waals surface area contributed by atoms with Gasteiger partial charge in [-0.3, -0.25) is 9.59 Å². The number of carbonyl (C=O) groups is 1. The van der Waals surface area contributed by atoms with Crippen LogP contribution in [-0.4, -0.2) is 20.4 Å².